The van der Waals surface area contributed by atoms with Crippen molar-refractivity contribution in [3.05, 3.63) is 36.9 Å². The van der Waals surface area contributed by atoms with E-state index in [1.807, 2.05) is 12.1 Å². The van der Waals surface area contributed by atoms with Crippen LogP contribution in [-0.4, -0.2) is 17.1 Å². The molecule has 1 amide bonds. The van der Waals surface area contributed by atoms with Crippen molar-refractivity contribution >= 4 is 6.09 Å². The van der Waals surface area contributed by atoms with Gasteiger partial charge in [0.15, 0.2) is 6.39 Å². The molecule has 5 heteroatoms. The van der Waals surface area contributed by atoms with Crippen LogP contribution in [-0.2, 0) is 0 Å². The maximum Gasteiger partial charge on any atom is 0.412 e. The fourth-order valence-corrected chi connectivity index (χ4v) is 2.62. The van der Waals surface area contributed by atoms with Gasteiger partial charge in [-0.2, -0.15) is 0 Å². The Balaban J connectivity index is 1.62. The van der Waals surface area contributed by atoms with Crippen LogP contribution in [0.3, 0.4) is 0 Å². The average Bonchev–Trinajstić information content (AvgIpc) is 3.02. The highest BCUT2D eigenvalue weighted by Gasteiger charge is 2.16. The molecule has 21 heavy (non-hydrogen) atoms. The largest absolute Gasteiger partial charge is 0.451 e. The van der Waals surface area contributed by atoms with Gasteiger partial charge in [0.1, 0.15) is 17.7 Å². The molecule has 0 atom stereocenters. The molecule has 1 aromatic carbocycles. The van der Waals surface area contributed by atoms with Crippen LogP contribution in [0.5, 0.6) is 5.75 Å². The van der Waals surface area contributed by atoms with Gasteiger partial charge in [-0.25, -0.2) is 9.78 Å². The minimum atomic E-state index is -0.390. The van der Waals surface area contributed by atoms with E-state index >= 15 is 0 Å². The van der Waals surface area contributed by atoms with Crippen LogP contribution in [0.15, 0.2) is 41.3 Å². The van der Waals surface area contributed by atoms with Gasteiger partial charge in [-0.15, -0.1) is 0 Å². The SMILES string of the molecule is O=C(NC1CCCCC1)Oc1cccc(-c2cocn2)c1. The van der Waals surface area contributed by atoms with Gasteiger partial charge in [0.05, 0.1) is 0 Å². The van der Waals surface area contributed by atoms with Crippen LogP contribution in [0.1, 0.15) is 32.1 Å². The molecular weight excluding hydrogens is 268 g/mol. The van der Waals surface area contributed by atoms with Crippen LogP contribution in [0.2, 0.25) is 0 Å². The van der Waals surface area contributed by atoms with Gasteiger partial charge < -0.3 is 14.5 Å². The Bertz CT molecular complexity index is 589. The van der Waals surface area contributed by atoms with Gasteiger partial charge in [-0.3, -0.25) is 0 Å². The van der Waals surface area contributed by atoms with E-state index in [9.17, 15) is 4.79 Å². The molecule has 1 aliphatic rings. The molecule has 1 saturated carbocycles. The van der Waals surface area contributed by atoms with Gasteiger partial charge in [0, 0.05) is 11.6 Å². The molecule has 0 spiro atoms. The molecule has 0 unspecified atom stereocenters. The summed E-state index contributed by atoms with van der Waals surface area (Å²) in [4.78, 5) is 16.0. The lowest BCUT2D eigenvalue weighted by Gasteiger charge is -2.22. The van der Waals surface area contributed by atoms with E-state index in [4.69, 9.17) is 9.15 Å². The number of carbonyl (C=O) groups is 1. The highest BCUT2D eigenvalue weighted by atomic mass is 16.6. The summed E-state index contributed by atoms with van der Waals surface area (Å²) in [6.45, 7) is 0. The topological polar surface area (TPSA) is 64.4 Å². The fourth-order valence-electron chi connectivity index (χ4n) is 2.62. The summed E-state index contributed by atoms with van der Waals surface area (Å²) in [6.07, 6.45) is 8.22. The number of ether oxygens (including phenoxy) is 1. The van der Waals surface area contributed by atoms with E-state index in [1.54, 1.807) is 18.4 Å². The molecule has 1 aliphatic carbocycles. The lowest BCUT2D eigenvalue weighted by molar-refractivity contribution is 0.192. The summed E-state index contributed by atoms with van der Waals surface area (Å²) in [5.74, 6) is 0.504. The van der Waals surface area contributed by atoms with E-state index in [0.717, 1.165) is 18.4 Å². The molecule has 1 N–H and O–H groups in total. The van der Waals surface area contributed by atoms with E-state index in [1.165, 1.54) is 25.7 Å². The summed E-state index contributed by atoms with van der Waals surface area (Å²) in [6, 6.07) is 7.49. The van der Waals surface area contributed by atoms with E-state index in [0.29, 0.717) is 11.4 Å². The molecule has 0 aliphatic heterocycles. The van der Waals surface area contributed by atoms with Crippen LogP contribution in [0.4, 0.5) is 4.79 Å². The Hall–Kier alpha value is -2.30. The first-order valence-corrected chi connectivity index (χ1v) is 7.28. The summed E-state index contributed by atoms with van der Waals surface area (Å²) in [5.41, 5.74) is 1.57. The monoisotopic (exact) mass is 286 g/mol. The predicted molar refractivity (Wildman–Crippen MR) is 78.0 cm³/mol. The minimum Gasteiger partial charge on any atom is -0.451 e. The number of oxazole rings is 1. The number of benzene rings is 1. The van der Waals surface area contributed by atoms with Crippen molar-refractivity contribution < 1.29 is 13.9 Å². The van der Waals surface area contributed by atoms with Crippen molar-refractivity contribution in [1.29, 1.82) is 0 Å². The molecule has 2 aromatic rings. The zero-order valence-electron chi connectivity index (χ0n) is 11.7. The van der Waals surface area contributed by atoms with Gasteiger partial charge in [0.25, 0.3) is 0 Å². The molecule has 0 bridgehead atoms. The van der Waals surface area contributed by atoms with Crippen LogP contribution in [0, 0.1) is 0 Å². The molecule has 1 fully saturated rings. The maximum atomic E-state index is 11.9. The molecule has 110 valence electrons. The normalized spacial score (nSPS) is 15.6. The first kappa shape index (κ1) is 13.7. The smallest absolute Gasteiger partial charge is 0.412 e. The third kappa shape index (κ3) is 3.62. The number of hydrogen-bond donors (Lipinski definition) is 1. The fraction of sp³-hybridized carbons (Fsp3) is 0.375. The van der Waals surface area contributed by atoms with Crippen molar-refractivity contribution in [1.82, 2.24) is 10.3 Å². The zero-order valence-corrected chi connectivity index (χ0v) is 11.7. The third-order valence-corrected chi connectivity index (χ3v) is 3.70. The van der Waals surface area contributed by atoms with Crippen molar-refractivity contribution in [2.24, 2.45) is 0 Å². The lowest BCUT2D eigenvalue weighted by atomic mass is 9.96. The summed E-state index contributed by atoms with van der Waals surface area (Å²) in [5, 5.41) is 2.93. The highest BCUT2D eigenvalue weighted by Crippen LogP contribution is 2.23. The average molecular weight is 286 g/mol. The highest BCUT2D eigenvalue weighted by molar-refractivity contribution is 5.71. The maximum absolute atomic E-state index is 11.9. The van der Waals surface area contributed by atoms with Crippen LogP contribution in [0.25, 0.3) is 11.3 Å². The first-order valence-electron chi connectivity index (χ1n) is 7.28. The van der Waals surface area contributed by atoms with Crippen molar-refractivity contribution in [3.63, 3.8) is 0 Å². The third-order valence-electron chi connectivity index (χ3n) is 3.70. The van der Waals surface area contributed by atoms with E-state index in [-0.39, 0.29) is 12.1 Å². The lowest BCUT2D eigenvalue weighted by Crippen LogP contribution is -2.37. The Kier molecular flexibility index (Phi) is 4.19. The number of nitrogens with one attached hydrogen (secondary N) is 1. The quantitative estimate of drug-likeness (QED) is 0.933. The van der Waals surface area contributed by atoms with Gasteiger partial charge >= 0.3 is 6.09 Å². The number of carbonyl (C=O) groups excluding carboxylic acids is 1. The molecule has 0 radical (unpaired) electrons. The Morgan fingerprint density at radius 2 is 2.14 bits per heavy atom. The summed E-state index contributed by atoms with van der Waals surface area (Å²) < 4.78 is 10.3. The molecule has 1 heterocycles. The Morgan fingerprint density at radius 3 is 2.90 bits per heavy atom. The van der Waals surface area contributed by atoms with Gasteiger partial charge in [-0.05, 0) is 25.0 Å². The van der Waals surface area contributed by atoms with Crippen LogP contribution >= 0.6 is 0 Å². The second-order valence-corrected chi connectivity index (χ2v) is 5.27. The van der Waals surface area contributed by atoms with E-state index < -0.39 is 0 Å². The Morgan fingerprint density at radius 1 is 1.29 bits per heavy atom. The molecule has 3 rings (SSSR count). The van der Waals surface area contributed by atoms with Crippen molar-refractivity contribution in [2.45, 2.75) is 38.1 Å². The molecule has 5 nitrogen and oxygen atoms in total. The minimum absolute atomic E-state index is 0.241. The zero-order chi connectivity index (χ0) is 14.5. The standard InChI is InChI=1S/C16H18N2O3/c19-16(18-13-6-2-1-3-7-13)21-14-8-4-5-12(9-14)15-10-20-11-17-15/h4-5,8-11,13H,1-3,6-7H2,(H,18,19). The van der Waals surface area contributed by atoms with Crippen LogP contribution < -0.4 is 10.1 Å². The predicted octanol–water partition coefficient (Wildman–Crippen LogP) is 3.76. The van der Waals surface area contributed by atoms with Gasteiger partial charge in [-0.1, -0.05) is 31.4 Å². The summed E-state index contributed by atoms with van der Waals surface area (Å²) in [7, 11) is 0. The number of amides is 1. The molecular formula is C16H18N2O3. The van der Waals surface area contributed by atoms with Crippen molar-refractivity contribution in [2.75, 3.05) is 0 Å². The Labute approximate surface area is 123 Å². The number of nitrogens with zero attached hydrogens (tertiary/aromatic N) is 1. The second-order valence-electron chi connectivity index (χ2n) is 5.27. The second kappa shape index (κ2) is 6.43. The van der Waals surface area contributed by atoms with Gasteiger partial charge in [0.2, 0.25) is 0 Å². The van der Waals surface area contributed by atoms with Crippen molar-refractivity contribution in [3.8, 4) is 17.0 Å². The summed E-state index contributed by atoms with van der Waals surface area (Å²) >= 11 is 0. The first-order chi connectivity index (χ1) is 10.3. The van der Waals surface area contributed by atoms with E-state index in [2.05, 4.69) is 10.3 Å². The number of rotatable bonds is 3. The molecule has 0 saturated heterocycles. The number of hydrogen-bond acceptors (Lipinski definition) is 4. The number of aromatic nitrogens is 1. The molecule has 1 aromatic heterocycles.